The summed E-state index contributed by atoms with van der Waals surface area (Å²) in [5.74, 6) is 1.26. The van der Waals surface area contributed by atoms with Crippen molar-refractivity contribution in [2.75, 3.05) is 6.54 Å². The van der Waals surface area contributed by atoms with Crippen LogP contribution in [0.2, 0.25) is 0 Å². The third-order valence-corrected chi connectivity index (χ3v) is 4.15. The molecule has 0 bridgehead atoms. The molecular weight excluding hydrogens is 292 g/mol. The van der Waals surface area contributed by atoms with Gasteiger partial charge in [0, 0.05) is 10.4 Å². The van der Waals surface area contributed by atoms with E-state index < -0.39 is 0 Å². The van der Waals surface area contributed by atoms with E-state index >= 15 is 0 Å². The van der Waals surface area contributed by atoms with Gasteiger partial charge in [0.1, 0.15) is 17.9 Å². The van der Waals surface area contributed by atoms with Crippen LogP contribution in [0.4, 0.5) is 0 Å². The van der Waals surface area contributed by atoms with Crippen LogP contribution in [0, 0.1) is 17.2 Å². The van der Waals surface area contributed by atoms with Crippen molar-refractivity contribution in [1.82, 2.24) is 0 Å². The van der Waals surface area contributed by atoms with Crippen LogP contribution >= 0.6 is 15.9 Å². The SMILES string of the molecule is N#Cc1ccc(OC2CCCCC2CN)cc1Br. The van der Waals surface area contributed by atoms with Gasteiger partial charge in [0.15, 0.2) is 0 Å². The maximum absolute atomic E-state index is 8.87. The van der Waals surface area contributed by atoms with E-state index in [0.29, 0.717) is 18.0 Å². The minimum absolute atomic E-state index is 0.212. The quantitative estimate of drug-likeness (QED) is 0.932. The molecule has 0 heterocycles. The fourth-order valence-corrected chi connectivity index (χ4v) is 2.88. The van der Waals surface area contributed by atoms with Crippen LogP contribution in [0.15, 0.2) is 22.7 Å². The summed E-state index contributed by atoms with van der Waals surface area (Å²) in [4.78, 5) is 0. The molecule has 2 unspecified atom stereocenters. The molecule has 4 heteroatoms. The normalized spacial score (nSPS) is 23.4. The first-order chi connectivity index (χ1) is 8.74. The molecule has 0 amide bonds. The van der Waals surface area contributed by atoms with Gasteiger partial charge in [-0.3, -0.25) is 0 Å². The molecule has 1 aliphatic carbocycles. The molecule has 1 aromatic rings. The zero-order valence-electron chi connectivity index (χ0n) is 10.2. The van der Waals surface area contributed by atoms with E-state index in [1.807, 2.05) is 12.1 Å². The summed E-state index contributed by atoms with van der Waals surface area (Å²) in [5, 5.41) is 8.87. The number of nitriles is 1. The number of rotatable bonds is 3. The fraction of sp³-hybridized carbons (Fsp3) is 0.500. The lowest BCUT2D eigenvalue weighted by Crippen LogP contribution is -2.35. The Morgan fingerprint density at radius 1 is 1.39 bits per heavy atom. The lowest BCUT2D eigenvalue weighted by molar-refractivity contribution is 0.0969. The van der Waals surface area contributed by atoms with Crippen LogP contribution in [0.1, 0.15) is 31.2 Å². The highest BCUT2D eigenvalue weighted by Gasteiger charge is 2.25. The molecule has 3 nitrogen and oxygen atoms in total. The van der Waals surface area contributed by atoms with Crippen molar-refractivity contribution in [3.05, 3.63) is 28.2 Å². The maximum Gasteiger partial charge on any atom is 0.120 e. The highest BCUT2D eigenvalue weighted by atomic mass is 79.9. The molecule has 1 fully saturated rings. The average molecular weight is 309 g/mol. The van der Waals surface area contributed by atoms with Crippen molar-refractivity contribution in [2.45, 2.75) is 31.8 Å². The fourth-order valence-electron chi connectivity index (χ4n) is 2.43. The van der Waals surface area contributed by atoms with Crippen molar-refractivity contribution in [1.29, 1.82) is 5.26 Å². The van der Waals surface area contributed by atoms with E-state index in [-0.39, 0.29) is 6.10 Å². The van der Waals surface area contributed by atoms with Gasteiger partial charge in [0.2, 0.25) is 0 Å². The van der Waals surface area contributed by atoms with Gasteiger partial charge in [-0.05, 0) is 59.9 Å². The number of nitrogens with two attached hydrogens (primary N) is 1. The Morgan fingerprint density at radius 2 is 2.17 bits per heavy atom. The summed E-state index contributed by atoms with van der Waals surface area (Å²) in [5.41, 5.74) is 6.42. The molecule has 1 aromatic carbocycles. The molecule has 0 aromatic heterocycles. The first-order valence-electron chi connectivity index (χ1n) is 6.31. The molecule has 1 aliphatic rings. The third-order valence-electron chi connectivity index (χ3n) is 3.49. The van der Waals surface area contributed by atoms with Gasteiger partial charge in [0.05, 0.1) is 5.56 Å². The van der Waals surface area contributed by atoms with E-state index in [0.717, 1.165) is 23.1 Å². The van der Waals surface area contributed by atoms with Gasteiger partial charge in [0.25, 0.3) is 0 Å². The Morgan fingerprint density at radius 3 is 2.83 bits per heavy atom. The monoisotopic (exact) mass is 308 g/mol. The molecule has 0 radical (unpaired) electrons. The predicted molar refractivity (Wildman–Crippen MR) is 74.3 cm³/mol. The highest BCUT2D eigenvalue weighted by Crippen LogP contribution is 2.29. The van der Waals surface area contributed by atoms with Gasteiger partial charge < -0.3 is 10.5 Å². The number of hydrogen-bond donors (Lipinski definition) is 1. The molecule has 2 atom stereocenters. The van der Waals surface area contributed by atoms with Crippen LogP contribution in [-0.2, 0) is 0 Å². The third kappa shape index (κ3) is 3.04. The number of halogens is 1. The summed E-state index contributed by atoms with van der Waals surface area (Å²) in [6, 6.07) is 7.62. The van der Waals surface area contributed by atoms with Crippen LogP contribution in [-0.4, -0.2) is 12.6 Å². The zero-order chi connectivity index (χ0) is 13.0. The molecule has 0 saturated heterocycles. The van der Waals surface area contributed by atoms with Crippen LogP contribution < -0.4 is 10.5 Å². The number of ether oxygens (including phenoxy) is 1. The van der Waals surface area contributed by atoms with Crippen molar-refractivity contribution in [3.63, 3.8) is 0 Å². The predicted octanol–water partition coefficient (Wildman–Crippen LogP) is 3.22. The minimum atomic E-state index is 0.212. The molecule has 18 heavy (non-hydrogen) atoms. The Hall–Kier alpha value is -1.05. The zero-order valence-corrected chi connectivity index (χ0v) is 11.8. The van der Waals surface area contributed by atoms with Crippen LogP contribution in [0.3, 0.4) is 0 Å². The molecule has 96 valence electrons. The Bertz CT molecular complexity index is 456. The Balaban J connectivity index is 2.08. The molecular formula is C14H17BrN2O. The summed E-state index contributed by atoms with van der Waals surface area (Å²) in [7, 11) is 0. The van der Waals surface area contributed by atoms with Crippen molar-refractivity contribution in [2.24, 2.45) is 11.7 Å². The summed E-state index contributed by atoms with van der Waals surface area (Å²) in [6.45, 7) is 0.683. The topological polar surface area (TPSA) is 59.0 Å². The smallest absolute Gasteiger partial charge is 0.120 e. The standard InChI is InChI=1S/C14H17BrN2O/c15-13-7-12(6-5-10(13)8-16)18-14-4-2-1-3-11(14)9-17/h5-7,11,14H,1-4,9,17H2. The van der Waals surface area contributed by atoms with Crippen molar-refractivity contribution in [3.8, 4) is 11.8 Å². The van der Waals surface area contributed by atoms with E-state index in [2.05, 4.69) is 22.0 Å². The van der Waals surface area contributed by atoms with Gasteiger partial charge in [-0.2, -0.15) is 5.26 Å². The van der Waals surface area contributed by atoms with Crippen molar-refractivity contribution >= 4 is 15.9 Å². The Kier molecular flexibility index (Phi) is 4.62. The van der Waals surface area contributed by atoms with Gasteiger partial charge >= 0.3 is 0 Å². The number of hydrogen-bond acceptors (Lipinski definition) is 3. The summed E-state index contributed by atoms with van der Waals surface area (Å²) >= 11 is 3.38. The second kappa shape index (κ2) is 6.21. The lowest BCUT2D eigenvalue weighted by atomic mass is 9.86. The molecule has 2 rings (SSSR count). The molecule has 2 N–H and O–H groups in total. The second-order valence-electron chi connectivity index (χ2n) is 4.69. The second-order valence-corrected chi connectivity index (χ2v) is 5.54. The van der Waals surface area contributed by atoms with Crippen LogP contribution in [0.25, 0.3) is 0 Å². The van der Waals surface area contributed by atoms with Gasteiger partial charge in [-0.1, -0.05) is 6.42 Å². The Labute approximate surface area is 116 Å². The number of nitrogens with zero attached hydrogens (tertiary/aromatic N) is 1. The maximum atomic E-state index is 8.87. The van der Waals surface area contributed by atoms with E-state index in [9.17, 15) is 0 Å². The average Bonchev–Trinajstić information content (AvgIpc) is 2.39. The van der Waals surface area contributed by atoms with E-state index in [1.165, 1.54) is 12.8 Å². The minimum Gasteiger partial charge on any atom is -0.490 e. The molecule has 0 spiro atoms. The van der Waals surface area contributed by atoms with Crippen LogP contribution in [0.5, 0.6) is 5.75 Å². The number of benzene rings is 1. The summed E-state index contributed by atoms with van der Waals surface area (Å²) < 4.78 is 6.80. The summed E-state index contributed by atoms with van der Waals surface area (Å²) in [6.07, 6.45) is 4.89. The van der Waals surface area contributed by atoms with Gasteiger partial charge in [-0.15, -0.1) is 0 Å². The molecule has 0 aliphatic heterocycles. The lowest BCUT2D eigenvalue weighted by Gasteiger charge is -2.31. The first kappa shape index (κ1) is 13.4. The first-order valence-corrected chi connectivity index (χ1v) is 7.10. The van der Waals surface area contributed by atoms with Crippen molar-refractivity contribution < 1.29 is 4.74 Å². The highest BCUT2D eigenvalue weighted by molar-refractivity contribution is 9.10. The van der Waals surface area contributed by atoms with E-state index in [4.69, 9.17) is 15.7 Å². The molecule has 1 saturated carbocycles. The van der Waals surface area contributed by atoms with E-state index in [1.54, 1.807) is 6.07 Å². The largest absolute Gasteiger partial charge is 0.490 e. The van der Waals surface area contributed by atoms with Gasteiger partial charge in [-0.25, -0.2) is 0 Å².